The molecule has 19 heavy (non-hydrogen) atoms. The minimum absolute atomic E-state index is 0.321. The minimum Gasteiger partial charge on any atom is -0.493 e. The molecule has 0 amide bonds. The maximum Gasteiger partial charge on any atom is 0.180 e. The van der Waals surface area contributed by atoms with Gasteiger partial charge in [0.15, 0.2) is 11.5 Å². The fourth-order valence-corrected chi connectivity index (χ4v) is 1.99. The molecule has 0 radical (unpaired) electrons. The van der Waals surface area contributed by atoms with Crippen LogP contribution < -0.4 is 15.2 Å². The molecular weight excluding hydrogens is 266 g/mol. The number of aromatic nitrogens is 2. The van der Waals surface area contributed by atoms with E-state index in [1.54, 1.807) is 19.4 Å². The van der Waals surface area contributed by atoms with Crippen molar-refractivity contribution in [2.75, 3.05) is 7.11 Å². The second kappa shape index (κ2) is 5.95. The van der Waals surface area contributed by atoms with Crippen molar-refractivity contribution < 1.29 is 9.47 Å². The fraction of sp³-hybridized carbons (Fsp3) is 0.308. The average Bonchev–Trinajstić information content (AvgIpc) is 2.82. The van der Waals surface area contributed by atoms with E-state index in [-0.39, 0.29) is 0 Å². The minimum atomic E-state index is 0.321. The Morgan fingerprint density at radius 2 is 2.21 bits per heavy atom. The average molecular weight is 282 g/mol. The number of halogens is 1. The lowest BCUT2D eigenvalue weighted by atomic mass is 10.2. The second-order valence-electron chi connectivity index (χ2n) is 4.06. The lowest BCUT2D eigenvalue weighted by molar-refractivity contribution is 0.273. The standard InChI is InChI=1S/C13H16ClN3O2/c1-17-4-3-16-12(17)8-19-13-10(14)5-9(7-15)6-11(13)18-2/h3-6H,7-8,15H2,1-2H3. The number of hydrogen-bond donors (Lipinski definition) is 1. The van der Waals surface area contributed by atoms with Crippen LogP contribution in [0, 0.1) is 0 Å². The lowest BCUT2D eigenvalue weighted by Gasteiger charge is -2.13. The molecule has 0 atom stereocenters. The maximum atomic E-state index is 6.18. The van der Waals surface area contributed by atoms with Gasteiger partial charge in [-0.2, -0.15) is 0 Å². The van der Waals surface area contributed by atoms with Gasteiger partial charge in [0.25, 0.3) is 0 Å². The van der Waals surface area contributed by atoms with E-state index in [9.17, 15) is 0 Å². The third kappa shape index (κ3) is 3.00. The number of ether oxygens (including phenoxy) is 2. The highest BCUT2D eigenvalue weighted by molar-refractivity contribution is 6.32. The summed E-state index contributed by atoms with van der Waals surface area (Å²) in [6.45, 7) is 0.720. The number of imidazole rings is 1. The van der Waals surface area contributed by atoms with Crippen molar-refractivity contribution in [1.29, 1.82) is 0 Å². The van der Waals surface area contributed by atoms with Gasteiger partial charge in [-0.3, -0.25) is 0 Å². The zero-order valence-electron chi connectivity index (χ0n) is 10.9. The highest BCUT2D eigenvalue weighted by Gasteiger charge is 2.12. The lowest BCUT2D eigenvalue weighted by Crippen LogP contribution is -2.05. The van der Waals surface area contributed by atoms with Gasteiger partial charge < -0.3 is 19.8 Å². The number of aryl methyl sites for hydroxylation is 1. The monoisotopic (exact) mass is 281 g/mol. The van der Waals surface area contributed by atoms with Crippen molar-refractivity contribution in [3.05, 3.63) is 40.9 Å². The first-order chi connectivity index (χ1) is 9.15. The molecule has 1 aromatic heterocycles. The van der Waals surface area contributed by atoms with Crippen LogP contribution in [0.3, 0.4) is 0 Å². The fourth-order valence-electron chi connectivity index (χ4n) is 1.70. The number of nitrogens with two attached hydrogens (primary N) is 1. The van der Waals surface area contributed by atoms with Crippen LogP contribution in [0.25, 0.3) is 0 Å². The Labute approximate surface area is 116 Å². The maximum absolute atomic E-state index is 6.18. The number of rotatable bonds is 5. The third-order valence-electron chi connectivity index (χ3n) is 2.79. The molecule has 1 heterocycles. The molecular formula is C13H16ClN3O2. The van der Waals surface area contributed by atoms with Crippen LogP contribution in [-0.4, -0.2) is 16.7 Å². The van der Waals surface area contributed by atoms with Crippen LogP contribution in [0.15, 0.2) is 24.5 Å². The number of hydrogen-bond acceptors (Lipinski definition) is 4. The molecule has 0 saturated heterocycles. The summed E-state index contributed by atoms with van der Waals surface area (Å²) in [6.07, 6.45) is 3.57. The molecule has 1 aromatic carbocycles. The summed E-state index contributed by atoms with van der Waals surface area (Å²) < 4.78 is 12.9. The van der Waals surface area contributed by atoms with Gasteiger partial charge in [-0.25, -0.2) is 4.98 Å². The summed E-state index contributed by atoms with van der Waals surface area (Å²) in [6, 6.07) is 3.59. The van der Waals surface area contributed by atoms with E-state index in [1.807, 2.05) is 23.9 Å². The van der Waals surface area contributed by atoms with Crippen molar-refractivity contribution >= 4 is 11.6 Å². The van der Waals surface area contributed by atoms with Crippen LogP contribution in [0.2, 0.25) is 5.02 Å². The first-order valence-electron chi connectivity index (χ1n) is 5.81. The summed E-state index contributed by atoms with van der Waals surface area (Å²) in [7, 11) is 3.47. The Morgan fingerprint density at radius 1 is 1.42 bits per heavy atom. The molecule has 2 N–H and O–H groups in total. The van der Waals surface area contributed by atoms with Crippen LogP contribution in [0.5, 0.6) is 11.5 Å². The molecule has 0 aliphatic heterocycles. The molecule has 0 aliphatic rings. The van der Waals surface area contributed by atoms with Crippen LogP contribution in [-0.2, 0) is 20.2 Å². The number of methoxy groups -OCH3 is 1. The van der Waals surface area contributed by atoms with Gasteiger partial charge in [0.2, 0.25) is 0 Å². The predicted octanol–water partition coefficient (Wildman–Crippen LogP) is 2.12. The van der Waals surface area contributed by atoms with E-state index in [0.717, 1.165) is 11.4 Å². The second-order valence-corrected chi connectivity index (χ2v) is 4.46. The van der Waals surface area contributed by atoms with Crippen molar-refractivity contribution in [2.24, 2.45) is 12.8 Å². The van der Waals surface area contributed by atoms with E-state index >= 15 is 0 Å². The quantitative estimate of drug-likeness (QED) is 0.912. The molecule has 0 fully saturated rings. The van der Waals surface area contributed by atoms with Crippen LogP contribution >= 0.6 is 11.6 Å². The van der Waals surface area contributed by atoms with Gasteiger partial charge in [0.1, 0.15) is 12.4 Å². The molecule has 0 unspecified atom stereocenters. The highest BCUT2D eigenvalue weighted by Crippen LogP contribution is 2.36. The molecule has 5 nitrogen and oxygen atoms in total. The molecule has 6 heteroatoms. The van der Waals surface area contributed by atoms with Gasteiger partial charge in [-0.1, -0.05) is 11.6 Å². The molecule has 0 spiro atoms. The SMILES string of the molecule is COc1cc(CN)cc(Cl)c1OCc1nccn1C. The largest absolute Gasteiger partial charge is 0.493 e. The third-order valence-corrected chi connectivity index (χ3v) is 3.07. The smallest absolute Gasteiger partial charge is 0.180 e. The molecule has 0 saturated carbocycles. The van der Waals surface area contributed by atoms with Crippen molar-refractivity contribution in [3.8, 4) is 11.5 Å². The Kier molecular flexibility index (Phi) is 4.29. The Bertz CT molecular complexity index is 569. The Balaban J connectivity index is 2.22. The zero-order chi connectivity index (χ0) is 13.8. The van der Waals surface area contributed by atoms with E-state index in [2.05, 4.69) is 4.98 Å². The van der Waals surface area contributed by atoms with Gasteiger partial charge in [-0.05, 0) is 17.7 Å². The van der Waals surface area contributed by atoms with Crippen molar-refractivity contribution in [2.45, 2.75) is 13.2 Å². The topological polar surface area (TPSA) is 62.3 Å². The molecule has 2 aromatic rings. The normalized spacial score (nSPS) is 10.5. The first-order valence-corrected chi connectivity index (χ1v) is 6.19. The molecule has 102 valence electrons. The predicted molar refractivity (Wildman–Crippen MR) is 73.4 cm³/mol. The van der Waals surface area contributed by atoms with Gasteiger partial charge >= 0.3 is 0 Å². The number of benzene rings is 1. The van der Waals surface area contributed by atoms with Crippen molar-refractivity contribution in [1.82, 2.24) is 9.55 Å². The first kappa shape index (κ1) is 13.7. The summed E-state index contributed by atoms with van der Waals surface area (Å²) in [5, 5.41) is 0.481. The van der Waals surface area contributed by atoms with E-state index in [1.165, 1.54) is 0 Å². The van der Waals surface area contributed by atoms with Gasteiger partial charge in [-0.15, -0.1) is 0 Å². The van der Waals surface area contributed by atoms with Crippen LogP contribution in [0.1, 0.15) is 11.4 Å². The number of nitrogens with zero attached hydrogens (tertiary/aromatic N) is 2. The van der Waals surface area contributed by atoms with E-state index < -0.39 is 0 Å². The zero-order valence-corrected chi connectivity index (χ0v) is 11.6. The Morgan fingerprint density at radius 3 is 2.79 bits per heavy atom. The summed E-state index contributed by atoms with van der Waals surface area (Å²) >= 11 is 6.18. The summed E-state index contributed by atoms with van der Waals surface area (Å²) in [5.74, 6) is 1.88. The van der Waals surface area contributed by atoms with E-state index in [4.69, 9.17) is 26.8 Å². The summed E-state index contributed by atoms with van der Waals surface area (Å²) in [5.41, 5.74) is 6.49. The molecule has 0 aliphatic carbocycles. The summed E-state index contributed by atoms with van der Waals surface area (Å²) in [4.78, 5) is 4.18. The van der Waals surface area contributed by atoms with Crippen molar-refractivity contribution in [3.63, 3.8) is 0 Å². The Hall–Kier alpha value is -1.72. The van der Waals surface area contributed by atoms with Gasteiger partial charge in [0.05, 0.1) is 12.1 Å². The highest BCUT2D eigenvalue weighted by atomic mass is 35.5. The van der Waals surface area contributed by atoms with E-state index in [0.29, 0.717) is 29.7 Å². The van der Waals surface area contributed by atoms with Gasteiger partial charge in [0, 0.05) is 26.0 Å². The molecule has 0 bridgehead atoms. The molecule has 2 rings (SSSR count). The van der Waals surface area contributed by atoms with Crippen LogP contribution in [0.4, 0.5) is 0 Å².